The minimum Gasteiger partial charge on any atom is -0.337 e. The van der Waals surface area contributed by atoms with Crippen molar-refractivity contribution in [1.82, 2.24) is 9.88 Å². The fraction of sp³-hybridized carbons (Fsp3) is 0.692. The van der Waals surface area contributed by atoms with Crippen LogP contribution in [0.4, 0.5) is 0 Å². The molecule has 2 heterocycles. The lowest BCUT2D eigenvalue weighted by Gasteiger charge is -2.19. The Kier molecular flexibility index (Phi) is 5.01. The number of nitrogens with zero attached hydrogens (tertiary/aromatic N) is 2. The van der Waals surface area contributed by atoms with E-state index in [9.17, 15) is 4.79 Å². The van der Waals surface area contributed by atoms with E-state index in [2.05, 4.69) is 11.9 Å². The molecule has 1 unspecified atom stereocenters. The summed E-state index contributed by atoms with van der Waals surface area (Å²) in [7, 11) is 0. The van der Waals surface area contributed by atoms with Crippen LogP contribution in [0.5, 0.6) is 0 Å². The Morgan fingerprint density at radius 1 is 1.56 bits per heavy atom. The van der Waals surface area contributed by atoms with E-state index < -0.39 is 0 Å². The standard InChI is InChI=1S/C13H19ClN2OS/c1-2-3-10-4-5-12(17)16(7-6-10)9-11-8-15-13(14)18-11/h8,10H,2-7,9H2,1H3. The van der Waals surface area contributed by atoms with Crippen molar-refractivity contribution < 1.29 is 4.79 Å². The van der Waals surface area contributed by atoms with Crippen LogP contribution in [0.1, 0.15) is 43.9 Å². The van der Waals surface area contributed by atoms with Gasteiger partial charge in [0, 0.05) is 24.0 Å². The summed E-state index contributed by atoms with van der Waals surface area (Å²) in [6, 6.07) is 0. The van der Waals surface area contributed by atoms with Gasteiger partial charge in [0.25, 0.3) is 0 Å². The van der Waals surface area contributed by atoms with Crippen LogP contribution < -0.4 is 0 Å². The highest BCUT2D eigenvalue weighted by Gasteiger charge is 2.22. The van der Waals surface area contributed by atoms with Crippen LogP contribution in [0.3, 0.4) is 0 Å². The molecule has 1 saturated heterocycles. The van der Waals surface area contributed by atoms with Crippen molar-refractivity contribution in [3.8, 4) is 0 Å². The van der Waals surface area contributed by atoms with Gasteiger partial charge in [-0.3, -0.25) is 4.79 Å². The van der Waals surface area contributed by atoms with Gasteiger partial charge in [-0.15, -0.1) is 11.3 Å². The molecule has 1 amide bonds. The van der Waals surface area contributed by atoms with Crippen LogP contribution in [-0.4, -0.2) is 22.3 Å². The average Bonchev–Trinajstić information content (AvgIpc) is 2.68. The first-order valence-corrected chi connectivity index (χ1v) is 7.76. The Morgan fingerprint density at radius 3 is 3.06 bits per heavy atom. The number of carbonyl (C=O) groups is 1. The Balaban J connectivity index is 1.93. The highest BCUT2D eigenvalue weighted by Crippen LogP contribution is 2.25. The van der Waals surface area contributed by atoms with Gasteiger partial charge in [-0.1, -0.05) is 31.4 Å². The molecular weight excluding hydrogens is 268 g/mol. The zero-order valence-electron chi connectivity index (χ0n) is 10.7. The lowest BCUT2D eigenvalue weighted by Crippen LogP contribution is -2.29. The number of aromatic nitrogens is 1. The van der Waals surface area contributed by atoms with Crippen molar-refractivity contribution in [2.24, 2.45) is 5.92 Å². The van der Waals surface area contributed by atoms with Gasteiger partial charge < -0.3 is 4.90 Å². The van der Waals surface area contributed by atoms with E-state index in [1.165, 1.54) is 24.2 Å². The molecule has 18 heavy (non-hydrogen) atoms. The zero-order valence-corrected chi connectivity index (χ0v) is 12.3. The van der Waals surface area contributed by atoms with Crippen LogP contribution in [0.15, 0.2) is 6.20 Å². The van der Waals surface area contributed by atoms with Gasteiger partial charge >= 0.3 is 0 Å². The number of hydrogen-bond donors (Lipinski definition) is 0. The molecule has 2 rings (SSSR count). The number of halogens is 1. The molecule has 5 heteroatoms. The second-order valence-corrected chi connectivity index (χ2v) is 6.57. The van der Waals surface area contributed by atoms with Gasteiger partial charge in [-0.2, -0.15) is 0 Å². The van der Waals surface area contributed by atoms with Crippen LogP contribution >= 0.6 is 22.9 Å². The normalized spacial score (nSPS) is 21.1. The maximum absolute atomic E-state index is 12.1. The Hall–Kier alpha value is -0.610. The minimum absolute atomic E-state index is 0.276. The maximum Gasteiger partial charge on any atom is 0.222 e. The quantitative estimate of drug-likeness (QED) is 0.845. The molecule has 0 aliphatic carbocycles. The molecule has 100 valence electrons. The van der Waals surface area contributed by atoms with E-state index in [4.69, 9.17) is 11.6 Å². The highest BCUT2D eigenvalue weighted by molar-refractivity contribution is 7.15. The van der Waals surface area contributed by atoms with Gasteiger partial charge in [0.15, 0.2) is 4.47 Å². The smallest absolute Gasteiger partial charge is 0.222 e. The third-order valence-electron chi connectivity index (χ3n) is 3.50. The Morgan fingerprint density at radius 2 is 2.39 bits per heavy atom. The molecule has 3 nitrogen and oxygen atoms in total. The first-order valence-electron chi connectivity index (χ1n) is 6.57. The first-order chi connectivity index (χ1) is 8.69. The van der Waals surface area contributed by atoms with E-state index in [1.54, 1.807) is 6.20 Å². The van der Waals surface area contributed by atoms with Crippen molar-refractivity contribution in [3.63, 3.8) is 0 Å². The summed E-state index contributed by atoms with van der Waals surface area (Å²) in [6.07, 6.45) is 7.10. The molecule has 1 fully saturated rings. The van der Waals surface area contributed by atoms with Crippen molar-refractivity contribution in [2.45, 2.75) is 45.6 Å². The Labute approximate surface area is 117 Å². The van der Waals surface area contributed by atoms with Crippen LogP contribution in [-0.2, 0) is 11.3 Å². The predicted molar refractivity (Wildman–Crippen MR) is 74.8 cm³/mol. The van der Waals surface area contributed by atoms with Crippen LogP contribution in [0, 0.1) is 5.92 Å². The maximum atomic E-state index is 12.1. The van der Waals surface area contributed by atoms with E-state index in [1.807, 2.05) is 4.90 Å². The first kappa shape index (κ1) is 13.8. The summed E-state index contributed by atoms with van der Waals surface area (Å²) >= 11 is 7.28. The number of amides is 1. The zero-order chi connectivity index (χ0) is 13.0. The molecule has 1 aromatic heterocycles. The predicted octanol–water partition coefficient (Wildman–Crippen LogP) is 3.73. The summed E-state index contributed by atoms with van der Waals surface area (Å²) in [5, 5.41) is 0. The molecule has 0 bridgehead atoms. The van der Waals surface area contributed by atoms with Gasteiger partial charge in [0.05, 0.1) is 6.54 Å². The van der Waals surface area contributed by atoms with Crippen LogP contribution in [0.25, 0.3) is 0 Å². The number of thiazole rings is 1. The second-order valence-electron chi connectivity index (χ2n) is 4.88. The number of hydrogen-bond acceptors (Lipinski definition) is 3. The largest absolute Gasteiger partial charge is 0.337 e. The molecular formula is C13H19ClN2OS. The van der Waals surface area contributed by atoms with E-state index in [0.717, 1.165) is 24.3 Å². The SMILES string of the molecule is CCCC1CCC(=O)N(Cc2cnc(Cl)s2)CC1. The van der Waals surface area contributed by atoms with Crippen molar-refractivity contribution in [1.29, 1.82) is 0 Å². The molecule has 0 aromatic carbocycles. The topological polar surface area (TPSA) is 33.2 Å². The van der Waals surface area contributed by atoms with E-state index in [-0.39, 0.29) is 5.91 Å². The molecule has 1 atom stereocenters. The minimum atomic E-state index is 0.276. The highest BCUT2D eigenvalue weighted by atomic mass is 35.5. The van der Waals surface area contributed by atoms with Crippen molar-refractivity contribution in [3.05, 3.63) is 15.5 Å². The summed E-state index contributed by atoms with van der Waals surface area (Å²) in [5.74, 6) is 0.993. The lowest BCUT2D eigenvalue weighted by molar-refractivity contribution is -0.131. The molecule has 0 radical (unpaired) electrons. The fourth-order valence-corrected chi connectivity index (χ4v) is 3.50. The summed E-state index contributed by atoms with van der Waals surface area (Å²) in [5.41, 5.74) is 0. The number of carbonyl (C=O) groups excluding carboxylic acids is 1. The third kappa shape index (κ3) is 3.69. The monoisotopic (exact) mass is 286 g/mol. The average molecular weight is 287 g/mol. The summed E-state index contributed by atoms with van der Waals surface area (Å²) in [4.78, 5) is 19.1. The molecule has 0 saturated carbocycles. The molecule has 1 aliphatic heterocycles. The Bertz CT molecular complexity index is 407. The number of likely N-dealkylation sites (tertiary alicyclic amines) is 1. The number of rotatable bonds is 4. The molecule has 0 spiro atoms. The summed E-state index contributed by atoms with van der Waals surface area (Å²) in [6.45, 7) is 3.75. The third-order valence-corrected chi connectivity index (χ3v) is 4.59. The second kappa shape index (κ2) is 6.53. The fourth-order valence-electron chi connectivity index (χ4n) is 2.50. The van der Waals surface area contributed by atoms with Gasteiger partial charge in [-0.05, 0) is 18.8 Å². The van der Waals surface area contributed by atoms with Crippen molar-refractivity contribution in [2.75, 3.05) is 6.54 Å². The lowest BCUT2D eigenvalue weighted by atomic mass is 9.96. The van der Waals surface area contributed by atoms with Crippen molar-refractivity contribution >= 4 is 28.8 Å². The molecule has 1 aliphatic rings. The molecule has 1 aromatic rings. The molecule has 0 N–H and O–H groups in total. The summed E-state index contributed by atoms with van der Waals surface area (Å²) < 4.78 is 0.552. The van der Waals surface area contributed by atoms with E-state index >= 15 is 0 Å². The van der Waals surface area contributed by atoms with Gasteiger partial charge in [0.2, 0.25) is 5.91 Å². The van der Waals surface area contributed by atoms with E-state index in [0.29, 0.717) is 23.4 Å². The van der Waals surface area contributed by atoms with Gasteiger partial charge in [-0.25, -0.2) is 4.98 Å². The van der Waals surface area contributed by atoms with Crippen LogP contribution in [0.2, 0.25) is 4.47 Å². The van der Waals surface area contributed by atoms with Gasteiger partial charge in [0.1, 0.15) is 0 Å².